The van der Waals surface area contributed by atoms with Crippen LogP contribution in [0.1, 0.15) is 22.8 Å². The maximum Gasteiger partial charge on any atom is 0.318 e. The van der Waals surface area contributed by atoms with Crippen LogP contribution < -0.4 is 15.5 Å². The first-order valence-corrected chi connectivity index (χ1v) is 12.7. The van der Waals surface area contributed by atoms with E-state index in [0.29, 0.717) is 45.0 Å². The minimum atomic E-state index is -0.508. The monoisotopic (exact) mass is 517 g/mol. The van der Waals surface area contributed by atoms with Gasteiger partial charge in [-0.25, -0.2) is 9.18 Å². The number of carbonyl (C=O) groups is 3. The van der Waals surface area contributed by atoms with Gasteiger partial charge in [0.1, 0.15) is 12.4 Å². The molecule has 9 heteroatoms. The molecule has 0 aromatic heterocycles. The Labute approximate surface area is 222 Å². The Morgan fingerprint density at radius 1 is 0.868 bits per heavy atom. The second kappa shape index (κ2) is 12.7. The molecule has 38 heavy (non-hydrogen) atoms. The number of halogens is 1. The highest BCUT2D eigenvalue weighted by Crippen LogP contribution is 2.21. The van der Waals surface area contributed by atoms with Gasteiger partial charge >= 0.3 is 6.03 Å². The first-order chi connectivity index (χ1) is 18.4. The zero-order valence-corrected chi connectivity index (χ0v) is 21.4. The number of benzene rings is 3. The zero-order valence-electron chi connectivity index (χ0n) is 21.4. The second-order valence-corrected chi connectivity index (χ2v) is 9.03. The fourth-order valence-corrected chi connectivity index (χ4v) is 4.37. The molecule has 4 amide bonds. The standard InChI is InChI=1S/C29H32FN5O3/c1-2-31-29(38)35(20-22-8-4-3-5-9-22)21-27(36)32-23-12-14-24(15-13-23)33-16-18-34(19-17-33)28(37)25-10-6-7-11-26(25)30/h3-15H,2,16-21H2,1H3,(H,31,38)(H,32,36). The molecule has 0 saturated carbocycles. The van der Waals surface area contributed by atoms with E-state index in [0.717, 1.165) is 11.3 Å². The average Bonchev–Trinajstić information content (AvgIpc) is 2.94. The van der Waals surface area contributed by atoms with Gasteiger partial charge in [0, 0.05) is 50.6 Å². The van der Waals surface area contributed by atoms with Crippen LogP contribution in [0, 0.1) is 5.82 Å². The molecule has 0 atom stereocenters. The van der Waals surface area contributed by atoms with Crippen molar-refractivity contribution in [2.45, 2.75) is 13.5 Å². The predicted molar refractivity (Wildman–Crippen MR) is 146 cm³/mol. The summed E-state index contributed by atoms with van der Waals surface area (Å²) in [6.07, 6.45) is 0. The summed E-state index contributed by atoms with van der Waals surface area (Å²) in [6, 6.07) is 22.7. The number of nitrogens with zero attached hydrogens (tertiary/aromatic N) is 3. The van der Waals surface area contributed by atoms with E-state index in [9.17, 15) is 18.8 Å². The van der Waals surface area contributed by atoms with Crippen LogP contribution in [0.25, 0.3) is 0 Å². The number of nitrogens with one attached hydrogen (secondary N) is 2. The van der Waals surface area contributed by atoms with Crippen LogP contribution in [-0.2, 0) is 11.3 Å². The summed E-state index contributed by atoms with van der Waals surface area (Å²) < 4.78 is 14.0. The van der Waals surface area contributed by atoms with Gasteiger partial charge < -0.3 is 25.3 Å². The summed E-state index contributed by atoms with van der Waals surface area (Å²) in [7, 11) is 0. The number of carbonyl (C=O) groups excluding carboxylic acids is 3. The van der Waals surface area contributed by atoms with Gasteiger partial charge in [0.2, 0.25) is 5.91 Å². The molecule has 4 rings (SSSR count). The molecule has 1 aliphatic rings. The van der Waals surface area contributed by atoms with Crippen molar-refractivity contribution in [2.24, 2.45) is 0 Å². The van der Waals surface area contributed by atoms with E-state index < -0.39 is 5.82 Å². The highest BCUT2D eigenvalue weighted by Gasteiger charge is 2.24. The summed E-state index contributed by atoms with van der Waals surface area (Å²) in [5, 5.41) is 5.62. The molecule has 0 spiro atoms. The molecule has 3 aromatic rings. The van der Waals surface area contributed by atoms with Crippen molar-refractivity contribution < 1.29 is 18.8 Å². The van der Waals surface area contributed by atoms with E-state index in [-0.39, 0.29) is 30.0 Å². The summed E-state index contributed by atoms with van der Waals surface area (Å²) in [6.45, 7) is 4.76. The Bertz CT molecular complexity index is 1240. The number of rotatable bonds is 8. The van der Waals surface area contributed by atoms with Gasteiger partial charge in [0.05, 0.1) is 5.56 Å². The largest absolute Gasteiger partial charge is 0.368 e. The van der Waals surface area contributed by atoms with Crippen LogP contribution in [0.2, 0.25) is 0 Å². The van der Waals surface area contributed by atoms with Crippen molar-refractivity contribution in [3.05, 3.63) is 95.8 Å². The number of amides is 4. The van der Waals surface area contributed by atoms with E-state index in [4.69, 9.17) is 0 Å². The summed E-state index contributed by atoms with van der Waals surface area (Å²) >= 11 is 0. The highest BCUT2D eigenvalue weighted by atomic mass is 19.1. The summed E-state index contributed by atoms with van der Waals surface area (Å²) in [5.74, 6) is -1.10. The van der Waals surface area contributed by atoms with Gasteiger partial charge in [0.25, 0.3) is 5.91 Å². The number of hydrogen-bond acceptors (Lipinski definition) is 4. The first-order valence-electron chi connectivity index (χ1n) is 12.7. The average molecular weight is 518 g/mol. The Balaban J connectivity index is 1.30. The van der Waals surface area contributed by atoms with E-state index in [1.807, 2.05) is 61.5 Å². The molecule has 2 N–H and O–H groups in total. The van der Waals surface area contributed by atoms with E-state index in [2.05, 4.69) is 15.5 Å². The summed E-state index contributed by atoms with van der Waals surface area (Å²) in [5.41, 5.74) is 2.62. The molecule has 0 unspecified atom stereocenters. The number of urea groups is 1. The lowest BCUT2D eigenvalue weighted by atomic mass is 10.1. The highest BCUT2D eigenvalue weighted by molar-refractivity contribution is 5.95. The molecule has 0 aliphatic carbocycles. The van der Waals surface area contributed by atoms with Crippen LogP contribution in [-0.4, -0.2) is 66.9 Å². The zero-order chi connectivity index (χ0) is 26.9. The third kappa shape index (κ3) is 6.88. The van der Waals surface area contributed by atoms with E-state index in [1.54, 1.807) is 17.0 Å². The molecule has 8 nitrogen and oxygen atoms in total. The topological polar surface area (TPSA) is 85.0 Å². The Kier molecular flexibility index (Phi) is 8.92. The van der Waals surface area contributed by atoms with Crippen LogP contribution >= 0.6 is 0 Å². The van der Waals surface area contributed by atoms with Gasteiger partial charge in [0.15, 0.2) is 0 Å². The smallest absolute Gasteiger partial charge is 0.318 e. The lowest BCUT2D eigenvalue weighted by Gasteiger charge is -2.36. The van der Waals surface area contributed by atoms with Gasteiger partial charge in [-0.1, -0.05) is 42.5 Å². The number of hydrogen-bond donors (Lipinski definition) is 2. The van der Waals surface area contributed by atoms with Crippen molar-refractivity contribution in [3.63, 3.8) is 0 Å². The fraction of sp³-hybridized carbons (Fsp3) is 0.276. The third-order valence-electron chi connectivity index (χ3n) is 6.35. The lowest BCUT2D eigenvalue weighted by Crippen LogP contribution is -2.49. The maximum absolute atomic E-state index is 14.0. The fourth-order valence-electron chi connectivity index (χ4n) is 4.37. The van der Waals surface area contributed by atoms with Crippen molar-refractivity contribution >= 4 is 29.2 Å². The molecule has 0 radical (unpaired) electrons. The minimum Gasteiger partial charge on any atom is -0.368 e. The van der Waals surface area contributed by atoms with E-state index >= 15 is 0 Å². The summed E-state index contributed by atoms with van der Waals surface area (Å²) in [4.78, 5) is 43.2. The molecular weight excluding hydrogens is 485 g/mol. The number of anilines is 2. The Hall–Kier alpha value is -4.40. The van der Waals surface area contributed by atoms with Crippen LogP contribution in [0.3, 0.4) is 0 Å². The van der Waals surface area contributed by atoms with Gasteiger partial charge in [-0.15, -0.1) is 0 Å². The van der Waals surface area contributed by atoms with Crippen LogP contribution in [0.4, 0.5) is 20.6 Å². The van der Waals surface area contributed by atoms with Gasteiger partial charge in [-0.2, -0.15) is 0 Å². The van der Waals surface area contributed by atoms with E-state index in [1.165, 1.54) is 17.0 Å². The predicted octanol–water partition coefficient (Wildman–Crippen LogP) is 3.96. The molecule has 1 fully saturated rings. The Morgan fingerprint density at radius 2 is 1.53 bits per heavy atom. The first kappa shape index (κ1) is 26.7. The quantitative estimate of drug-likeness (QED) is 0.474. The molecule has 3 aromatic carbocycles. The second-order valence-electron chi connectivity index (χ2n) is 9.03. The molecular formula is C29H32FN5O3. The SMILES string of the molecule is CCNC(=O)N(CC(=O)Nc1ccc(N2CCN(C(=O)c3ccccc3F)CC2)cc1)Cc1ccccc1. The Morgan fingerprint density at radius 3 is 2.18 bits per heavy atom. The molecule has 0 bridgehead atoms. The molecule has 1 saturated heterocycles. The van der Waals surface area contributed by atoms with Crippen molar-refractivity contribution in [3.8, 4) is 0 Å². The molecule has 1 aliphatic heterocycles. The lowest BCUT2D eigenvalue weighted by molar-refractivity contribution is -0.116. The van der Waals surface area contributed by atoms with Crippen molar-refractivity contribution in [1.82, 2.24) is 15.1 Å². The van der Waals surface area contributed by atoms with Crippen LogP contribution in [0.5, 0.6) is 0 Å². The van der Waals surface area contributed by atoms with Crippen molar-refractivity contribution in [1.29, 1.82) is 0 Å². The molecule has 198 valence electrons. The normalized spacial score (nSPS) is 13.1. The third-order valence-corrected chi connectivity index (χ3v) is 6.35. The number of piperazine rings is 1. The van der Waals surface area contributed by atoms with Gasteiger partial charge in [-0.3, -0.25) is 9.59 Å². The van der Waals surface area contributed by atoms with Gasteiger partial charge in [-0.05, 0) is 48.9 Å². The minimum absolute atomic E-state index is 0.0829. The van der Waals surface area contributed by atoms with Crippen molar-refractivity contribution in [2.75, 3.05) is 49.5 Å². The van der Waals surface area contributed by atoms with Crippen LogP contribution in [0.15, 0.2) is 78.9 Å². The molecule has 1 heterocycles. The maximum atomic E-state index is 14.0.